The van der Waals surface area contributed by atoms with E-state index in [0.29, 0.717) is 10.5 Å². The highest BCUT2D eigenvalue weighted by Gasteiger charge is 2.15. The largest absolute Gasteiger partial charge is 0.285 e. The number of nitro benzene ring substituents is 1. The number of non-ortho nitro benzene ring substituents is 1. The second kappa shape index (κ2) is 7.55. The molecule has 0 atom stereocenters. The van der Waals surface area contributed by atoms with Gasteiger partial charge in [0, 0.05) is 19.2 Å². The first-order valence-corrected chi connectivity index (χ1v) is 11.2. The fourth-order valence-corrected chi connectivity index (χ4v) is 5.73. The zero-order valence-electron chi connectivity index (χ0n) is 14.3. The summed E-state index contributed by atoms with van der Waals surface area (Å²) in [4.78, 5) is 15.3. The number of hydrogen-bond acceptors (Lipinski definition) is 7. The van der Waals surface area contributed by atoms with Crippen molar-refractivity contribution in [3.8, 4) is 5.69 Å². The van der Waals surface area contributed by atoms with E-state index in [4.69, 9.17) is 0 Å². The Hall–Kier alpha value is -2.63. The van der Waals surface area contributed by atoms with Gasteiger partial charge in [0.15, 0.2) is 0 Å². The van der Waals surface area contributed by atoms with Crippen LogP contribution in [0.2, 0.25) is 0 Å². The highest BCUT2D eigenvalue weighted by atomic mass is 32.9. The molecule has 27 heavy (non-hydrogen) atoms. The topological polar surface area (TPSA) is 107 Å². The molecule has 0 aliphatic heterocycles. The van der Waals surface area contributed by atoms with E-state index in [-0.39, 0.29) is 15.4 Å². The molecule has 0 radical (unpaired) electrons. The summed E-state index contributed by atoms with van der Waals surface area (Å²) in [6.45, 7) is 1.87. The molecule has 0 N–H and O–H groups in total. The third kappa shape index (κ3) is 4.04. The monoisotopic (exact) mass is 422 g/mol. The van der Waals surface area contributed by atoms with E-state index in [9.17, 15) is 18.5 Å². The van der Waals surface area contributed by atoms with Crippen molar-refractivity contribution in [2.45, 2.75) is 11.8 Å². The molecule has 2 aromatic carbocycles. The van der Waals surface area contributed by atoms with E-state index in [1.807, 2.05) is 6.92 Å². The summed E-state index contributed by atoms with van der Waals surface area (Å²) in [5, 5.41) is 10.8. The van der Waals surface area contributed by atoms with Crippen LogP contribution in [0.25, 0.3) is 5.69 Å². The van der Waals surface area contributed by atoms with Crippen LogP contribution < -0.4 is 9.60 Å². The lowest BCUT2D eigenvalue weighted by molar-refractivity contribution is -0.384. The van der Waals surface area contributed by atoms with Gasteiger partial charge in [-0.15, -0.1) is 4.40 Å². The SMILES string of the molecule is CN=c1ssc(=NS(=O)(=O)c2ccc(C)cc2)n1-c1ccc([N+](=O)[O-])cc1. The molecule has 8 nitrogen and oxygen atoms in total. The van der Waals surface area contributed by atoms with Gasteiger partial charge in [-0.25, -0.2) is 0 Å². The van der Waals surface area contributed by atoms with Crippen LogP contribution in [-0.2, 0) is 10.0 Å². The van der Waals surface area contributed by atoms with Crippen molar-refractivity contribution in [1.82, 2.24) is 4.57 Å². The highest BCUT2D eigenvalue weighted by Crippen LogP contribution is 2.16. The van der Waals surface area contributed by atoms with E-state index >= 15 is 0 Å². The maximum Gasteiger partial charge on any atom is 0.285 e. The van der Waals surface area contributed by atoms with Crippen LogP contribution in [0.3, 0.4) is 0 Å². The summed E-state index contributed by atoms with van der Waals surface area (Å²) >= 11 is 0. The Labute approximate surface area is 162 Å². The van der Waals surface area contributed by atoms with Gasteiger partial charge in [-0.05, 0) is 51.9 Å². The predicted octanol–water partition coefficient (Wildman–Crippen LogP) is 2.64. The van der Waals surface area contributed by atoms with Crippen molar-refractivity contribution in [2.24, 2.45) is 9.39 Å². The molecule has 0 fully saturated rings. The second-order valence-corrected chi connectivity index (χ2v) is 9.11. The summed E-state index contributed by atoms with van der Waals surface area (Å²) in [5.74, 6) is 0. The summed E-state index contributed by atoms with van der Waals surface area (Å²) in [6, 6.07) is 12.2. The maximum atomic E-state index is 12.6. The minimum atomic E-state index is -3.91. The number of rotatable bonds is 4. The molecule has 0 aliphatic carbocycles. The Morgan fingerprint density at radius 1 is 1.00 bits per heavy atom. The van der Waals surface area contributed by atoms with Crippen LogP contribution in [0.4, 0.5) is 5.69 Å². The van der Waals surface area contributed by atoms with Crippen molar-refractivity contribution in [2.75, 3.05) is 7.05 Å². The third-order valence-electron chi connectivity index (χ3n) is 3.60. The van der Waals surface area contributed by atoms with Crippen LogP contribution in [0.15, 0.2) is 62.8 Å². The molecule has 0 bridgehead atoms. The normalized spacial score (nSPS) is 13.1. The lowest BCUT2D eigenvalue weighted by Gasteiger charge is -2.03. The zero-order chi connectivity index (χ0) is 19.6. The standard InChI is InChI=1S/C16H14N4O4S3/c1-11-3-9-14(10-4-11)27(23,24)18-16-19(15(17-2)25-26-16)12-5-7-13(8-6-12)20(21)22/h3-10H,1-2H3. The Morgan fingerprint density at radius 2 is 1.59 bits per heavy atom. The molecule has 3 rings (SSSR count). The fraction of sp³-hybridized carbons (Fsp3) is 0.125. The molecule has 0 saturated heterocycles. The first kappa shape index (κ1) is 19.1. The lowest BCUT2D eigenvalue weighted by Crippen LogP contribution is -2.25. The van der Waals surface area contributed by atoms with Gasteiger partial charge in [-0.3, -0.25) is 19.7 Å². The van der Waals surface area contributed by atoms with Crippen molar-refractivity contribution in [3.63, 3.8) is 0 Å². The summed E-state index contributed by atoms with van der Waals surface area (Å²) in [7, 11) is 0.104. The van der Waals surface area contributed by atoms with Crippen LogP contribution in [0.1, 0.15) is 5.56 Å². The zero-order valence-corrected chi connectivity index (χ0v) is 16.7. The van der Waals surface area contributed by atoms with Crippen molar-refractivity contribution >= 4 is 36.4 Å². The smallest absolute Gasteiger partial charge is 0.261 e. The molecule has 0 unspecified atom stereocenters. The van der Waals surface area contributed by atoms with Crippen molar-refractivity contribution in [1.29, 1.82) is 0 Å². The second-order valence-electron chi connectivity index (χ2n) is 5.44. The van der Waals surface area contributed by atoms with Gasteiger partial charge in [0.2, 0.25) is 9.60 Å². The van der Waals surface area contributed by atoms with Gasteiger partial charge in [0.25, 0.3) is 15.7 Å². The first-order valence-electron chi connectivity index (χ1n) is 7.59. The highest BCUT2D eigenvalue weighted by molar-refractivity contribution is 7.90. The fourth-order valence-electron chi connectivity index (χ4n) is 2.23. The minimum Gasteiger partial charge on any atom is -0.261 e. The van der Waals surface area contributed by atoms with Gasteiger partial charge < -0.3 is 0 Å². The molecule has 0 amide bonds. The number of nitro groups is 1. The molecule has 140 valence electrons. The Morgan fingerprint density at radius 3 is 2.15 bits per heavy atom. The molecule has 1 aromatic heterocycles. The van der Waals surface area contributed by atoms with Gasteiger partial charge in [-0.2, -0.15) is 8.42 Å². The number of aryl methyl sites for hydroxylation is 1. The van der Waals surface area contributed by atoms with Crippen molar-refractivity contribution < 1.29 is 13.3 Å². The Bertz CT molecular complexity index is 1220. The van der Waals surface area contributed by atoms with E-state index in [2.05, 4.69) is 9.39 Å². The molecule has 11 heteroatoms. The van der Waals surface area contributed by atoms with E-state index in [0.717, 1.165) is 15.9 Å². The summed E-state index contributed by atoms with van der Waals surface area (Å²) in [6.07, 6.45) is 0. The maximum absolute atomic E-state index is 12.6. The summed E-state index contributed by atoms with van der Waals surface area (Å²) < 4.78 is 30.8. The third-order valence-corrected chi connectivity index (χ3v) is 7.16. The summed E-state index contributed by atoms with van der Waals surface area (Å²) in [5.41, 5.74) is 1.43. The first-order chi connectivity index (χ1) is 12.8. The molecule has 3 aromatic rings. The van der Waals surface area contributed by atoms with Gasteiger partial charge in [-0.1, -0.05) is 17.7 Å². The number of hydrogen-bond donors (Lipinski definition) is 0. The number of aromatic nitrogens is 1. The number of nitrogens with zero attached hydrogens (tertiary/aromatic N) is 4. The van der Waals surface area contributed by atoms with Crippen LogP contribution in [0, 0.1) is 17.0 Å². The number of benzene rings is 2. The average molecular weight is 423 g/mol. The van der Waals surface area contributed by atoms with Crippen LogP contribution in [0.5, 0.6) is 0 Å². The molecule has 0 aliphatic rings. The van der Waals surface area contributed by atoms with Crippen LogP contribution in [-0.4, -0.2) is 25.0 Å². The minimum absolute atomic E-state index is 0.0565. The van der Waals surface area contributed by atoms with Gasteiger partial charge in [0.05, 0.1) is 15.5 Å². The van der Waals surface area contributed by atoms with E-state index in [1.54, 1.807) is 23.7 Å². The average Bonchev–Trinajstić information content (AvgIpc) is 3.04. The van der Waals surface area contributed by atoms with Gasteiger partial charge in [0.1, 0.15) is 0 Å². The lowest BCUT2D eigenvalue weighted by atomic mass is 10.2. The molecular weight excluding hydrogens is 408 g/mol. The number of sulfonamides is 1. The Balaban J connectivity index is 2.18. The quantitative estimate of drug-likeness (QED) is 0.366. The van der Waals surface area contributed by atoms with Gasteiger partial charge >= 0.3 is 0 Å². The predicted molar refractivity (Wildman–Crippen MR) is 104 cm³/mol. The Kier molecular flexibility index (Phi) is 5.35. The molecule has 0 saturated carbocycles. The van der Waals surface area contributed by atoms with Crippen molar-refractivity contribution in [3.05, 3.63) is 73.8 Å². The van der Waals surface area contributed by atoms with E-state index in [1.165, 1.54) is 46.7 Å². The molecule has 0 spiro atoms. The molecular formula is C16H14N4O4S3. The van der Waals surface area contributed by atoms with Crippen LogP contribution >= 0.6 is 20.7 Å². The molecule has 1 heterocycles. The van der Waals surface area contributed by atoms with E-state index < -0.39 is 14.9 Å².